The first-order valence-electron chi connectivity index (χ1n) is 6.98. The number of piperazine rings is 1. The van der Waals surface area contributed by atoms with Gasteiger partial charge in [-0.05, 0) is 26.5 Å². The lowest BCUT2D eigenvalue weighted by molar-refractivity contribution is 0.313. The van der Waals surface area contributed by atoms with Crippen molar-refractivity contribution in [2.24, 2.45) is 0 Å². The van der Waals surface area contributed by atoms with Gasteiger partial charge in [-0.1, -0.05) is 6.92 Å². The summed E-state index contributed by atoms with van der Waals surface area (Å²) in [7, 11) is 2.12. The van der Waals surface area contributed by atoms with Gasteiger partial charge in [-0.2, -0.15) is 0 Å². The number of rotatable bonds is 3. The maximum atomic E-state index is 12.3. The predicted molar refractivity (Wildman–Crippen MR) is 79.9 cm³/mol. The fourth-order valence-corrected chi connectivity index (χ4v) is 2.58. The third kappa shape index (κ3) is 2.76. The van der Waals surface area contributed by atoms with E-state index in [0.29, 0.717) is 5.69 Å². The summed E-state index contributed by atoms with van der Waals surface area (Å²) in [4.78, 5) is 16.8. The van der Waals surface area contributed by atoms with Crippen LogP contribution in [0.1, 0.15) is 19.0 Å². The molecule has 2 rings (SSSR count). The molecule has 5 heteroatoms. The SMILES string of the molecule is CCCn1c(C)cc(N2CCN(C)CC2)c(N)c1=O. The number of aromatic nitrogens is 1. The summed E-state index contributed by atoms with van der Waals surface area (Å²) in [5.41, 5.74) is 8.31. The van der Waals surface area contributed by atoms with Crippen LogP contribution in [-0.4, -0.2) is 42.7 Å². The third-order valence-electron chi connectivity index (χ3n) is 3.81. The predicted octanol–water partition coefficient (Wildman–Crippen LogP) is 0.901. The Kier molecular flexibility index (Phi) is 4.14. The summed E-state index contributed by atoms with van der Waals surface area (Å²) in [6, 6.07) is 2.05. The lowest BCUT2D eigenvalue weighted by Gasteiger charge is -2.34. The summed E-state index contributed by atoms with van der Waals surface area (Å²) in [6.45, 7) is 8.66. The molecule has 1 aliphatic rings. The Balaban J connectivity index is 2.34. The number of nitrogens with zero attached hydrogens (tertiary/aromatic N) is 3. The third-order valence-corrected chi connectivity index (χ3v) is 3.81. The number of hydrogen-bond acceptors (Lipinski definition) is 4. The number of aryl methyl sites for hydroxylation is 1. The van der Waals surface area contributed by atoms with Crippen LogP contribution in [0.5, 0.6) is 0 Å². The fraction of sp³-hybridized carbons (Fsp3) is 0.643. The highest BCUT2D eigenvalue weighted by Gasteiger charge is 2.19. The number of pyridine rings is 1. The lowest BCUT2D eigenvalue weighted by atomic mass is 10.2. The highest BCUT2D eigenvalue weighted by molar-refractivity contribution is 5.67. The Morgan fingerprint density at radius 2 is 1.89 bits per heavy atom. The summed E-state index contributed by atoms with van der Waals surface area (Å²) < 4.78 is 1.77. The molecule has 1 aromatic heterocycles. The molecule has 0 unspecified atom stereocenters. The molecule has 1 saturated heterocycles. The van der Waals surface area contributed by atoms with Crippen molar-refractivity contribution in [2.45, 2.75) is 26.8 Å². The van der Waals surface area contributed by atoms with Crippen molar-refractivity contribution in [3.05, 3.63) is 22.1 Å². The molecule has 0 aliphatic carbocycles. The fourth-order valence-electron chi connectivity index (χ4n) is 2.58. The van der Waals surface area contributed by atoms with Crippen LogP contribution in [0.15, 0.2) is 10.9 Å². The smallest absolute Gasteiger partial charge is 0.276 e. The van der Waals surface area contributed by atoms with Crippen molar-refractivity contribution in [3.8, 4) is 0 Å². The second-order valence-electron chi connectivity index (χ2n) is 5.33. The molecule has 0 aromatic carbocycles. The second kappa shape index (κ2) is 5.65. The summed E-state index contributed by atoms with van der Waals surface area (Å²) in [6.07, 6.45) is 0.939. The van der Waals surface area contributed by atoms with Gasteiger partial charge >= 0.3 is 0 Å². The van der Waals surface area contributed by atoms with E-state index in [1.807, 2.05) is 6.92 Å². The Hall–Kier alpha value is -1.49. The van der Waals surface area contributed by atoms with Crippen LogP contribution in [0.4, 0.5) is 11.4 Å². The van der Waals surface area contributed by atoms with Crippen molar-refractivity contribution in [1.29, 1.82) is 0 Å². The molecule has 0 amide bonds. The average Bonchev–Trinajstić information content (AvgIpc) is 2.40. The van der Waals surface area contributed by atoms with Crippen molar-refractivity contribution in [1.82, 2.24) is 9.47 Å². The quantitative estimate of drug-likeness (QED) is 0.881. The van der Waals surface area contributed by atoms with E-state index in [-0.39, 0.29) is 5.56 Å². The maximum Gasteiger partial charge on any atom is 0.276 e. The van der Waals surface area contributed by atoms with Gasteiger partial charge in [0, 0.05) is 38.4 Å². The number of hydrogen-bond donors (Lipinski definition) is 1. The molecule has 0 spiro atoms. The van der Waals surface area contributed by atoms with E-state index in [0.717, 1.165) is 50.5 Å². The van der Waals surface area contributed by atoms with E-state index in [4.69, 9.17) is 5.73 Å². The first-order valence-corrected chi connectivity index (χ1v) is 6.98. The van der Waals surface area contributed by atoms with Gasteiger partial charge in [0.1, 0.15) is 5.69 Å². The minimum Gasteiger partial charge on any atom is -0.393 e. The van der Waals surface area contributed by atoms with Crippen LogP contribution in [0.25, 0.3) is 0 Å². The zero-order valence-electron chi connectivity index (χ0n) is 12.1. The molecule has 0 saturated carbocycles. The van der Waals surface area contributed by atoms with Gasteiger partial charge in [-0.25, -0.2) is 0 Å². The Morgan fingerprint density at radius 1 is 1.26 bits per heavy atom. The molecular formula is C14H24N4O. The van der Waals surface area contributed by atoms with Crippen molar-refractivity contribution in [3.63, 3.8) is 0 Å². The van der Waals surface area contributed by atoms with Crippen LogP contribution in [0.2, 0.25) is 0 Å². The van der Waals surface area contributed by atoms with Gasteiger partial charge in [0.2, 0.25) is 0 Å². The van der Waals surface area contributed by atoms with Gasteiger partial charge in [-0.15, -0.1) is 0 Å². The van der Waals surface area contributed by atoms with E-state index < -0.39 is 0 Å². The molecule has 1 aliphatic heterocycles. The van der Waals surface area contributed by atoms with Crippen LogP contribution in [-0.2, 0) is 6.54 Å². The summed E-state index contributed by atoms with van der Waals surface area (Å²) in [5, 5.41) is 0. The maximum absolute atomic E-state index is 12.3. The highest BCUT2D eigenvalue weighted by Crippen LogP contribution is 2.22. The van der Waals surface area contributed by atoms with Crippen molar-refractivity contribution >= 4 is 11.4 Å². The average molecular weight is 264 g/mol. The lowest BCUT2D eigenvalue weighted by Crippen LogP contribution is -2.45. The topological polar surface area (TPSA) is 54.5 Å². The zero-order chi connectivity index (χ0) is 14.0. The molecule has 2 heterocycles. The monoisotopic (exact) mass is 264 g/mol. The molecule has 2 N–H and O–H groups in total. The van der Waals surface area contributed by atoms with Crippen LogP contribution in [0, 0.1) is 6.92 Å². The van der Waals surface area contributed by atoms with Gasteiger partial charge in [-0.3, -0.25) is 4.79 Å². The van der Waals surface area contributed by atoms with Crippen LogP contribution < -0.4 is 16.2 Å². The number of likely N-dealkylation sites (N-methyl/N-ethyl adjacent to an activating group) is 1. The first kappa shape index (κ1) is 13.9. The van der Waals surface area contributed by atoms with Crippen LogP contribution in [0.3, 0.4) is 0 Å². The molecule has 19 heavy (non-hydrogen) atoms. The van der Waals surface area contributed by atoms with Gasteiger partial charge in [0.25, 0.3) is 5.56 Å². The van der Waals surface area contributed by atoms with E-state index in [2.05, 4.69) is 29.8 Å². The van der Waals surface area contributed by atoms with E-state index in [9.17, 15) is 4.79 Å². The van der Waals surface area contributed by atoms with Gasteiger partial charge in [0.15, 0.2) is 0 Å². The Bertz CT molecular complexity index is 501. The summed E-state index contributed by atoms with van der Waals surface area (Å²) >= 11 is 0. The van der Waals surface area contributed by atoms with Gasteiger partial charge < -0.3 is 20.1 Å². The minimum atomic E-state index is -0.0456. The highest BCUT2D eigenvalue weighted by atomic mass is 16.1. The minimum absolute atomic E-state index is 0.0456. The Labute approximate surface area is 114 Å². The zero-order valence-corrected chi connectivity index (χ0v) is 12.1. The summed E-state index contributed by atoms with van der Waals surface area (Å²) in [5.74, 6) is 0. The van der Waals surface area contributed by atoms with E-state index in [1.54, 1.807) is 4.57 Å². The standard InChI is InChI=1S/C14H24N4O/c1-4-5-18-11(2)10-12(13(15)14(18)19)17-8-6-16(3)7-9-17/h10H,4-9,15H2,1-3H3. The molecule has 0 bridgehead atoms. The van der Waals surface area contributed by atoms with Gasteiger partial charge in [0.05, 0.1) is 5.69 Å². The molecule has 1 fully saturated rings. The molecule has 106 valence electrons. The second-order valence-corrected chi connectivity index (χ2v) is 5.33. The van der Waals surface area contributed by atoms with Crippen LogP contribution >= 0.6 is 0 Å². The number of nitrogen functional groups attached to an aromatic ring is 1. The molecule has 1 aromatic rings. The molecule has 0 radical (unpaired) electrons. The molecule has 5 nitrogen and oxygen atoms in total. The number of anilines is 2. The van der Waals surface area contributed by atoms with Crippen molar-refractivity contribution < 1.29 is 0 Å². The normalized spacial score (nSPS) is 16.9. The van der Waals surface area contributed by atoms with Crippen molar-refractivity contribution in [2.75, 3.05) is 43.9 Å². The van der Waals surface area contributed by atoms with E-state index >= 15 is 0 Å². The Morgan fingerprint density at radius 3 is 2.47 bits per heavy atom. The largest absolute Gasteiger partial charge is 0.393 e. The molecular weight excluding hydrogens is 240 g/mol. The van der Waals surface area contributed by atoms with E-state index in [1.165, 1.54) is 0 Å². The molecule has 0 atom stereocenters. The first-order chi connectivity index (χ1) is 9.04. The number of nitrogens with two attached hydrogens (primary N) is 1.